The maximum atomic E-state index is 6.24. The smallest absolute Gasteiger partial charge is 0.124 e. The molecule has 0 aliphatic carbocycles. The van der Waals surface area contributed by atoms with Crippen molar-refractivity contribution in [1.29, 1.82) is 0 Å². The lowest BCUT2D eigenvalue weighted by Crippen LogP contribution is -2.42. The number of nitrogens with zero attached hydrogens (tertiary/aromatic N) is 1. The lowest BCUT2D eigenvalue weighted by molar-refractivity contribution is 0.0713. The van der Waals surface area contributed by atoms with Crippen LogP contribution >= 0.6 is 0 Å². The Balaban J connectivity index is 1.79. The molecule has 0 spiro atoms. The largest absolute Gasteiger partial charge is 0.487 e. The van der Waals surface area contributed by atoms with E-state index in [1.165, 1.54) is 11.1 Å². The molecule has 2 heterocycles. The predicted molar refractivity (Wildman–Crippen MR) is 103 cm³/mol. The van der Waals surface area contributed by atoms with Crippen LogP contribution in [-0.4, -0.2) is 10.6 Å². The first-order chi connectivity index (χ1) is 11.9. The highest BCUT2D eigenvalue weighted by Gasteiger charge is 2.49. The van der Waals surface area contributed by atoms with Gasteiger partial charge in [-0.1, -0.05) is 62.4 Å². The SMILES string of the molecule is CC1(C)Oc2cccc(-c3ccc(-c4ccccc4)nc3)c2C1(C)C. The molecule has 0 saturated carbocycles. The third-order valence-corrected chi connectivity index (χ3v) is 5.67. The first kappa shape index (κ1) is 15.9. The van der Waals surface area contributed by atoms with Crippen LogP contribution in [0.15, 0.2) is 66.9 Å². The second-order valence-corrected chi connectivity index (χ2v) is 7.71. The Morgan fingerprint density at radius 3 is 2.20 bits per heavy atom. The molecule has 0 unspecified atom stereocenters. The van der Waals surface area contributed by atoms with Crippen molar-refractivity contribution in [3.8, 4) is 28.1 Å². The van der Waals surface area contributed by atoms with E-state index in [1.807, 2.05) is 24.4 Å². The monoisotopic (exact) mass is 329 g/mol. The van der Waals surface area contributed by atoms with Crippen LogP contribution in [0.1, 0.15) is 33.3 Å². The van der Waals surface area contributed by atoms with Crippen LogP contribution in [-0.2, 0) is 5.41 Å². The lowest BCUT2D eigenvalue weighted by Gasteiger charge is -2.34. The fraction of sp³-hybridized carbons (Fsp3) is 0.261. The highest BCUT2D eigenvalue weighted by molar-refractivity contribution is 5.74. The number of hydrogen-bond acceptors (Lipinski definition) is 2. The van der Waals surface area contributed by atoms with Gasteiger partial charge in [0.25, 0.3) is 0 Å². The van der Waals surface area contributed by atoms with Crippen molar-refractivity contribution in [2.45, 2.75) is 38.7 Å². The Kier molecular flexibility index (Phi) is 3.47. The molecule has 0 atom stereocenters. The van der Waals surface area contributed by atoms with E-state index in [9.17, 15) is 0 Å². The van der Waals surface area contributed by atoms with Crippen molar-refractivity contribution >= 4 is 0 Å². The van der Waals surface area contributed by atoms with Crippen LogP contribution in [0.5, 0.6) is 5.75 Å². The standard InChI is InChI=1S/C23H23NO/c1-22(2)21-18(11-8-12-20(21)25-23(22,3)4)17-13-14-19(24-15-17)16-9-6-5-7-10-16/h5-15H,1-4H3. The number of hydrogen-bond donors (Lipinski definition) is 0. The summed E-state index contributed by atoms with van der Waals surface area (Å²) in [5.74, 6) is 0.986. The normalized spacial score (nSPS) is 17.0. The molecule has 0 N–H and O–H groups in total. The van der Waals surface area contributed by atoms with Crippen molar-refractivity contribution in [3.63, 3.8) is 0 Å². The second kappa shape index (κ2) is 5.45. The fourth-order valence-corrected chi connectivity index (χ4v) is 3.54. The number of rotatable bonds is 2. The fourth-order valence-electron chi connectivity index (χ4n) is 3.54. The van der Waals surface area contributed by atoms with E-state index in [0.717, 1.165) is 22.6 Å². The summed E-state index contributed by atoms with van der Waals surface area (Å²) < 4.78 is 6.24. The van der Waals surface area contributed by atoms with Crippen molar-refractivity contribution in [2.24, 2.45) is 0 Å². The average Bonchev–Trinajstić information content (AvgIpc) is 2.80. The molecule has 0 radical (unpaired) electrons. The Morgan fingerprint density at radius 2 is 1.52 bits per heavy atom. The summed E-state index contributed by atoms with van der Waals surface area (Å²) >= 11 is 0. The Morgan fingerprint density at radius 1 is 0.760 bits per heavy atom. The van der Waals surface area contributed by atoms with E-state index in [2.05, 4.69) is 70.2 Å². The lowest BCUT2D eigenvalue weighted by atomic mass is 9.71. The van der Waals surface area contributed by atoms with E-state index in [1.54, 1.807) is 0 Å². The predicted octanol–water partition coefficient (Wildman–Crippen LogP) is 5.86. The molecular weight excluding hydrogens is 306 g/mol. The van der Waals surface area contributed by atoms with Crippen molar-refractivity contribution in [3.05, 3.63) is 72.4 Å². The molecule has 0 bridgehead atoms. The van der Waals surface area contributed by atoms with Crippen LogP contribution in [0.3, 0.4) is 0 Å². The number of pyridine rings is 1. The minimum absolute atomic E-state index is 0.0724. The Labute approximate surface area is 149 Å². The molecule has 0 fully saturated rings. The van der Waals surface area contributed by atoms with E-state index < -0.39 is 0 Å². The van der Waals surface area contributed by atoms with Gasteiger partial charge in [0.15, 0.2) is 0 Å². The highest BCUT2D eigenvalue weighted by Crippen LogP contribution is 2.52. The zero-order valence-corrected chi connectivity index (χ0v) is 15.2. The van der Waals surface area contributed by atoms with Gasteiger partial charge in [-0.15, -0.1) is 0 Å². The van der Waals surface area contributed by atoms with Gasteiger partial charge >= 0.3 is 0 Å². The molecule has 2 heteroatoms. The number of fused-ring (bicyclic) bond motifs is 1. The molecule has 25 heavy (non-hydrogen) atoms. The van der Waals surface area contributed by atoms with Gasteiger partial charge in [0.1, 0.15) is 11.4 Å². The summed E-state index contributed by atoms with van der Waals surface area (Å²) in [6, 6.07) is 20.8. The zero-order chi connectivity index (χ0) is 17.7. The summed E-state index contributed by atoms with van der Waals surface area (Å²) in [7, 11) is 0. The van der Waals surface area contributed by atoms with Gasteiger partial charge in [-0.25, -0.2) is 0 Å². The van der Waals surface area contributed by atoms with Gasteiger partial charge in [0.2, 0.25) is 0 Å². The summed E-state index contributed by atoms with van der Waals surface area (Å²) in [6.07, 6.45) is 1.97. The molecule has 3 aromatic rings. The first-order valence-corrected chi connectivity index (χ1v) is 8.74. The molecule has 1 aliphatic heterocycles. The summed E-state index contributed by atoms with van der Waals surface area (Å²) in [5, 5.41) is 0. The van der Waals surface area contributed by atoms with Gasteiger partial charge in [-0.2, -0.15) is 0 Å². The van der Waals surface area contributed by atoms with Crippen molar-refractivity contribution < 1.29 is 4.74 Å². The summed E-state index contributed by atoms with van der Waals surface area (Å²) in [6.45, 7) is 8.84. The molecule has 126 valence electrons. The van der Waals surface area contributed by atoms with E-state index in [0.29, 0.717) is 0 Å². The average molecular weight is 329 g/mol. The molecule has 1 aliphatic rings. The van der Waals surface area contributed by atoms with E-state index in [-0.39, 0.29) is 11.0 Å². The van der Waals surface area contributed by atoms with Crippen LogP contribution in [0.2, 0.25) is 0 Å². The third-order valence-electron chi connectivity index (χ3n) is 5.67. The van der Waals surface area contributed by atoms with Crippen molar-refractivity contribution in [1.82, 2.24) is 4.98 Å². The van der Waals surface area contributed by atoms with Crippen molar-refractivity contribution in [2.75, 3.05) is 0 Å². The second-order valence-electron chi connectivity index (χ2n) is 7.71. The molecule has 1 aromatic heterocycles. The molecule has 4 rings (SSSR count). The molecule has 0 saturated heterocycles. The summed E-state index contributed by atoms with van der Waals surface area (Å²) in [4.78, 5) is 4.69. The topological polar surface area (TPSA) is 22.1 Å². The highest BCUT2D eigenvalue weighted by atomic mass is 16.5. The van der Waals surface area contributed by atoms with Crippen LogP contribution < -0.4 is 4.74 Å². The van der Waals surface area contributed by atoms with Crippen LogP contribution in [0.4, 0.5) is 0 Å². The zero-order valence-electron chi connectivity index (χ0n) is 15.2. The van der Waals surface area contributed by atoms with Gasteiger partial charge in [-0.05, 0) is 31.5 Å². The Hall–Kier alpha value is -2.61. The van der Waals surface area contributed by atoms with E-state index >= 15 is 0 Å². The minimum Gasteiger partial charge on any atom is -0.487 e. The van der Waals surface area contributed by atoms with E-state index in [4.69, 9.17) is 9.72 Å². The molecular formula is C23H23NO. The Bertz CT molecular complexity index is 909. The first-order valence-electron chi connectivity index (χ1n) is 8.74. The number of benzene rings is 2. The summed E-state index contributed by atoms with van der Waals surface area (Å²) in [5.41, 5.74) is 5.44. The molecule has 2 aromatic carbocycles. The maximum absolute atomic E-state index is 6.24. The van der Waals surface area contributed by atoms with Gasteiger partial charge in [-0.3, -0.25) is 4.98 Å². The quantitative estimate of drug-likeness (QED) is 0.587. The molecule has 2 nitrogen and oxygen atoms in total. The maximum Gasteiger partial charge on any atom is 0.124 e. The molecule has 0 amide bonds. The van der Waals surface area contributed by atoms with Crippen LogP contribution in [0, 0.1) is 0 Å². The number of ether oxygens (including phenoxy) is 1. The van der Waals surface area contributed by atoms with Gasteiger partial charge < -0.3 is 4.74 Å². The van der Waals surface area contributed by atoms with Gasteiger partial charge in [0.05, 0.1) is 5.69 Å². The minimum atomic E-state index is -0.233. The van der Waals surface area contributed by atoms with Gasteiger partial charge in [0, 0.05) is 28.3 Å². The third kappa shape index (κ3) is 2.44. The van der Waals surface area contributed by atoms with Crippen LogP contribution in [0.25, 0.3) is 22.4 Å². The number of aromatic nitrogens is 1.